The summed E-state index contributed by atoms with van der Waals surface area (Å²) in [6.45, 7) is 0. The monoisotopic (exact) mass is 345 g/mol. The summed E-state index contributed by atoms with van der Waals surface area (Å²) in [5, 5.41) is 10.3. The molecule has 4 heteroatoms. The molecule has 1 heterocycles. The van der Waals surface area contributed by atoms with E-state index in [1.807, 2.05) is 18.2 Å². The van der Waals surface area contributed by atoms with Crippen molar-refractivity contribution in [2.24, 2.45) is 0 Å². The van der Waals surface area contributed by atoms with Crippen LogP contribution in [0, 0.1) is 0 Å². The Hall–Kier alpha value is -1.81. The van der Waals surface area contributed by atoms with Crippen molar-refractivity contribution in [1.29, 1.82) is 0 Å². The summed E-state index contributed by atoms with van der Waals surface area (Å²) >= 11 is 0. The van der Waals surface area contributed by atoms with Gasteiger partial charge in [-0.2, -0.15) is 0 Å². The van der Waals surface area contributed by atoms with E-state index in [-0.39, 0.29) is 33.9 Å². The smallest absolute Gasteiger partial charge is 0.235 e. The van der Waals surface area contributed by atoms with Crippen LogP contribution < -0.4 is 5.43 Å². The summed E-state index contributed by atoms with van der Waals surface area (Å²) in [6, 6.07) is 15.9. The molecular formula is C15H10AgO3. The second-order valence-electron chi connectivity index (χ2n) is 3.97. The first-order valence-corrected chi connectivity index (χ1v) is 5.57. The molecule has 0 saturated heterocycles. The second kappa shape index (κ2) is 5.45. The van der Waals surface area contributed by atoms with E-state index in [1.54, 1.807) is 36.4 Å². The van der Waals surface area contributed by atoms with Gasteiger partial charge in [0.05, 0.1) is 5.39 Å². The summed E-state index contributed by atoms with van der Waals surface area (Å²) in [5.41, 5.74) is 0.743. The van der Waals surface area contributed by atoms with E-state index in [9.17, 15) is 9.90 Å². The fourth-order valence-electron chi connectivity index (χ4n) is 1.92. The van der Waals surface area contributed by atoms with Gasteiger partial charge in [0.2, 0.25) is 11.2 Å². The van der Waals surface area contributed by atoms with Gasteiger partial charge in [-0.15, -0.1) is 0 Å². The Morgan fingerprint density at radius 2 is 1.53 bits per heavy atom. The maximum Gasteiger partial charge on any atom is 0.235 e. The standard InChI is InChI=1S/C15H10O3.Ag/c16-13-11-8-4-5-9-12(11)18-15(14(13)17)10-6-2-1-3-7-10;/h1-9,17H;. The minimum atomic E-state index is -0.407. The normalized spacial score (nSPS) is 10.1. The van der Waals surface area contributed by atoms with Crippen LogP contribution in [0.25, 0.3) is 22.3 Å². The van der Waals surface area contributed by atoms with Crippen LogP contribution in [0.4, 0.5) is 0 Å². The van der Waals surface area contributed by atoms with Crippen LogP contribution in [-0.2, 0) is 22.4 Å². The molecule has 0 aliphatic carbocycles. The topological polar surface area (TPSA) is 50.4 Å². The van der Waals surface area contributed by atoms with Crippen LogP contribution in [-0.4, -0.2) is 5.11 Å². The Bertz CT molecular complexity index is 763. The zero-order valence-corrected chi connectivity index (χ0v) is 11.2. The number of hydrogen-bond donors (Lipinski definition) is 1. The molecule has 0 aliphatic rings. The Morgan fingerprint density at radius 3 is 2.26 bits per heavy atom. The second-order valence-corrected chi connectivity index (χ2v) is 3.97. The Kier molecular flexibility index (Phi) is 3.90. The van der Waals surface area contributed by atoms with E-state index in [1.165, 1.54) is 0 Å². The number of para-hydroxylation sites is 1. The molecule has 0 bridgehead atoms. The summed E-state index contributed by atoms with van der Waals surface area (Å²) in [4.78, 5) is 12.0. The van der Waals surface area contributed by atoms with E-state index >= 15 is 0 Å². The number of rotatable bonds is 1. The third kappa shape index (κ3) is 2.36. The molecule has 3 rings (SSSR count). The molecule has 3 nitrogen and oxygen atoms in total. The fraction of sp³-hybridized carbons (Fsp3) is 0. The SMILES string of the molecule is O=c1c(O)c(-c2ccccc2)oc2ccccc12.[Ag]. The average molecular weight is 346 g/mol. The summed E-state index contributed by atoms with van der Waals surface area (Å²) in [7, 11) is 0. The Labute approximate surface area is 125 Å². The van der Waals surface area contributed by atoms with Gasteiger partial charge < -0.3 is 9.52 Å². The van der Waals surface area contributed by atoms with Crippen LogP contribution in [0.5, 0.6) is 5.75 Å². The molecule has 0 fully saturated rings. The predicted octanol–water partition coefficient (Wildman–Crippen LogP) is 3.16. The van der Waals surface area contributed by atoms with Crippen molar-refractivity contribution in [3.8, 4) is 17.1 Å². The van der Waals surface area contributed by atoms with E-state index in [4.69, 9.17) is 4.42 Å². The van der Waals surface area contributed by atoms with Crippen molar-refractivity contribution >= 4 is 11.0 Å². The average Bonchev–Trinajstić information content (AvgIpc) is 2.44. The van der Waals surface area contributed by atoms with Crippen molar-refractivity contribution < 1.29 is 31.9 Å². The maximum absolute atomic E-state index is 12.0. The minimum absolute atomic E-state index is 0. The van der Waals surface area contributed by atoms with Gasteiger partial charge in [-0.1, -0.05) is 42.5 Å². The number of aromatic hydroxyl groups is 1. The van der Waals surface area contributed by atoms with Crippen molar-refractivity contribution in [1.82, 2.24) is 0 Å². The molecule has 0 amide bonds. The maximum atomic E-state index is 12.0. The summed E-state index contributed by atoms with van der Waals surface area (Å²) in [6.07, 6.45) is 0. The van der Waals surface area contributed by atoms with Crippen molar-refractivity contribution in [2.45, 2.75) is 0 Å². The number of fused-ring (bicyclic) bond motifs is 1. The number of hydrogen-bond acceptors (Lipinski definition) is 3. The Morgan fingerprint density at radius 1 is 0.895 bits per heavy atom. The molecule has 0 spiro atoms. The van der Waals surface area contributed by atoms with Gasteiger partial charge in [0.1, 0.15) is 5.58 Å². The van der Waals surface area contributed by atoms with E-state index in [0.29, 0.717) is 16.5 Å². The summed E-state index contributed by atoms with van der Waals surface area (Å²) < 4.78 is 5.61. The number of benzene rings is 2. The molecule has 99 valence electrons. The van der Waals surface area contributed by atoms with Crippen LogP contribution in [0.2, 0.25) is 0 Å². The zero-order chi connectivity index (χ0) is 12.5. The predicted molar refractivity (Wildman–Crippen MR) is 69.6 cm³/mol. The van der Waals surface area contributed by atoms with Gasteiger partial charge in [0.25, 0.3) is 0 Å². The fourth-order valence-corrected chi connectivity index (χ4v) is 1.92. The first-order chi connectivity index (χ1) is 8.77. The summed E-state index contributed by atoms with van der Waals surface area (Å²) in [5.74, 6) is -0.140. The molecule has 3 aromatic rings. The van der Waals surface area contributed by atoms with Gasteiger partial charge in [-0.25, -0.2) is 0 Å². The van der Waals surface area contributed by atoms with E-state index in [2.05, 4.69) is 0 Å². The van der Waals surface area contributed by atoms with Crippen LogP contribution in [0.15, 0.2) is 63.8 Å². The molecule has 0 saturated carbocycles. The van der Waals surface area contributed by atoms with Crippen molar-refractivity contribution in [3.63, 3.8) is 0 Å². The van der Waals surface area contributed by atoms with Gasteiger partial charge >= 0.3 is 0 Å². The molecular weight excluding hydrogens is 336 g/mol. The third-order valence-corrected chi connectivity index (χ3v) is 2.81. The van der Waals surface area contributed by atoms with Gasteiger partial charge in [-0.3, -0.25) is 4.79 Å². The molecule has 0 unspecified atom stereocenters. The Balaban J connectivity index is 0.00000133. The van der Waals surface area contributed by atoms with Crippen molar-refractivity contribution in [3.05, 3.63) is 64.8 Å². The van der Waals surface area contributed by atoms with E-state index < -0.39 is 5.43 Å². The molecule has 2 aromatic carbocycles. The van der Waals surface area contributed by atoms with Gasteiger partial charge in [-0.05, 0) is 12.1 Å². The van der Waals surface area contributed by atoms with Crippen LogP contribution in [0.1, 0.15) is 0 Å². The van der Waals surface area contributed by atoms with Gasteiger partial charge in [0.15, 0.2) is 5.76 Å². The quantitative estimate of drug-likeness (QED) is 0.689. The molecule has 0 aliphatic heterocycles. The first kappa shape index (κ1) is 13.6. The van der Waals surface area contributed by atoms with Crippen LogP contribution >= 0.6 is 0 Å². The first-order valence-electron chi connectivity index (χ1n) is 5.57. The minimum Gasteiger partial charge on any atom is -0.502 e. The van der Waals surface area contributed by atoms with Crippen LogP contribution in [0.3, 0.4) is 0 Å². The van der Waals surface area contributed by atoms with Gasteiger partial charge in [0, 0.05) is 27.9 Å². The molecule has 1 N–H and O–H groups in total. The molecule has 1 radical (unpaired) electrons. The largest absolute Gasteiger partial charge is 0.502 e. The van der Waals surface area contributed by atoms with E-state index in [0.717, 1.165) is 0 Å². The third-order valence-electron chi connectivity index (χ3n) is 2.81. The molecule has 0 atom stereocenters. The molecule has 19 heavy (non-hydrogen) atoms. The van der Waals surface area contributed by atoms with Crippen molar-refractivity contribution in [2.75, 3.05) is 0 Å². The molecule has 1 aromatic heterocycles. The zero-order valence-electron chi connectivity index (χ0n) is 9.76.